The Morgan fingerprint density at radius 2 is 1.78 bits per heavy atom. The topological polar surface area (TPSA) is 74.7 Å². The van der Waals surface area contributed by atoms with Gasteiger partial charge in [-0.15, -0.1) is 0 Å². The molecule has 1 aliphatic carbocycles. The molecule has 9 heteroatoms. The van der Waals surface area contributed by atoms with Crippen molar-refractivity contribution in [2.75, 3.05) is 13.1 Å². The van der Waals surface area contributed by atoms with Gasteiger partial charge in [-0.2, -0.15) is 17.5 Å². The third-order valence-corrected chi connectivity index (χ3v) is 6.70. The molecule has 0 amide bonds. The summed E-state index contributed by atoms with van der Waals surface area (Å²) in [5, 5.41) is 9.21. The Kier molecular flexibility index (Phi) is 3.16. The summed E-state index contributed by atoms with van der Waals surface area (Å²) in [5.74, 6) is -1.60. The summed E-state index contributed by atoms with van der Waals surface area (Å²) in [6.07, 6.45) is -5.33. The van der Waals surface area contributed by atoms with Crippen LogP contribution in [0.5, 0.6) is 0 Å². The number of hydrogen-bond acceptors (Lipinski definition) is 3. The lowest BCUT2D eigenvalue weighted by molar-refractivity contribution is -0.196. The molecule has 0 bridgehead atoms. The molecular formula is C14H14F3NO4S. The van der Waals surface area contributed by atoms with Crippen molar-refractivity contribution in [2.45, 2.75) is 24.4 Å². The lowest BCUT2D eigenvalue weighted by atomic mass is 9.96. The summed E-state index contributed by atoms with van der Waals surface area (Å²) < 4.78 is 65.6. The molecule has 3 rings (SSSR count). The summed E-state index contributed by atoms with van der Waals surface area (Å²) in [6.45, 7) is 0.247. The van der Waals surface area contributed by atoms with Gasteiger partial charge in [0.25, 0.3) is 0 Å². The van der Waals surface area contributed by atoms with Gasteiger partial charge in [0, 0.05) is 13.1 Å². The molecule has 0 radical (unpaired) electrons. The smallest absolute Gasteiger partial charge is 0.396 e. The summed E-state index contributed by atoms with van der Waals surface area (Å²) >= 11 is 0. The predicted molar refractivity (Wildman–Crippen MR) is 73.1 cm³/mol. The predicted octanol–water partition coefficient (Wildman–Crippen LogP) is 2.02. The molecule has 1 saturated carbocycles. The van der Waals surface area contributed by atoms with E-state index in [9.17, 15) is 31.5 Å². The van der Waals surface area contributed by atoms with Crippen LogP contribution < -0.4 is 0 Å². The number of hydrogen-bond donors (Lipinski definition) is 1. The third kappa shape index (κ3) is 2.02. The average Bonchev–Trinajstić information content (AvgIpc) is 2.98. The van der Waals surface area contributed by atoms with E-state index < -0.39 is 52.5 Å². The summed E-state index contributed by atoms with van der Waals surface area (Å²) in [4.78, 5) is 11.2. The summed E-state index contributed by atoms with van der Waals surface area (Å²) in [6, 6.07) is 5.69. The fourth-order valence-corrected chi connectivity index (χ4v) is 4.94. The van der Waals surface area contributed by atoms with Crippen molar-refractivity contribution in [3.05, 3.63) is 29.8 Å². The average molecular weight is 349 g/mol. The van der Waals surface area contributed by atoms with Crippen LogP contribution in [-0.4, -0.2) is 43.1 Å². The number of halogens is 3. The second-order valence-corrected chi connectivity index (χ2v) is 8.17. The van der Waals surface area contributed by atoms with Crippen LogP contribution in [0.25, 0.3) is 0 Å². The Bertz CT molecular complexity index is 774. The molecule has 1 aliphatic heterocycles. The number of sulfonamides is 1. The molecule has 2 atom stereocenters. The van der Waals surface area contributed by atoms with E-state index in [-0.39, 0.29) is 4.90 Å². The molecule has 2 aliphatic rings. The SMILES string of the molecule is Cc1ccc(S(=O)(=O)N2C[C@]3(C(=O)O)C[C@]3(C(F)(F)F)C2)cc1. The van der Waals surface area contributed by atoms with E-state index in [4.69, 9.17) is 0 Å². The van der Waals surface area contributed by atoms with E-state index in [1.165, 1.54) is 24.3 Å². The minimum atomic E-state index is -4.76. The Morgan fingerprint density at radius 1 is 1.22 bits per heavy atom. The summed E-state index contributed by atoms with van der Waals surface area (Å²) in [7, 11) is -4.16. The van der Waals surface area contributed by atoms with Gasteiger partial charge in [0.05, 0.1) is 15.7 Å². The Hall–Kier alpha value is -1.61. The highest BCUT2D eigenvalue weighted by Gasteiger charge is 2.87. The van der Waals surface area contributed by atoms with E-state index in [1.807, 2.05) is 0 Å². The number of alkyl halides is 3. The molecule has 5 nitrogen and oxygen atoms in total. The Labute approximate surface area is 130 Å². The van der Waals surface area contributed by atoms with Gasteiger partial charge in [-0.1, -0.05) is 17.7 Å². The maximum Gasteiger partial charge on any atom is 0.396 e. The van der Waals surface area contributed by atoms with Crippen molar-refractivity contribution >= 4 is 16.0 Å². The molecule has 0 spiro atoms. The quantitative estimate of drug-likeness (QED) is 0.906. The van der Waals surface area contributed by atoms with E-state index >= 15 is 0 Å². The number of carboxylic acid groups (broad SMARTS) is 1. The van der Waals surface area contributed by atoms with Gasteiger partial charge in [0.2, 0.25) is 10.0 Å². The molecule has 23 heavy (non-hydrogen) atoms. The van der Waals surface area contributed by atoms with Crippen molar-refractivity contribution in [3.63, 3.8) is 0 Å². The number of fused-ring (bicyclic) bond motifs is 1. The highest BCUT2D eigenvalue weighted by Crippen LogP contribution is 2.75. The Balaban J connectivity index is 1.98. The largest absolute Gasteiger partial charge is 0.481 e. The molecular weight excluding hydrogens is 335 g/mol. The van der Waals surface area contributed by atoms with Crippen molar-refractivity contribution in [1.29, 1.82) is 0 Å². The zero-order valence-electron chi connectivity index (χ0n) is 12.1. The van der Waals surface area contributed by atoms with E-state index in [2.05, 4.69) is 0 Å². The first-order valence-corrected chi connectivity index (χ1v) is 8.27. The van der Waals surface area contributed by atoms with Crippen LogP contribution in [0.4, 0.5) is 13.2 Å². The second-order valence-electron chi connectivity index (χ2n) is 6.23. The number of nitrogens with zero attached hydrogens (tertiary/aromatic N) is 1. The van der Waals surface area contributed by atoms with Gasteiger partial charge in [-0.25, -0.2) is 8.42 Å². The van der Waals surface area contributed by atoms with E-state index in [0.29, 0.717) is 4.31 Å². The van der Waals surface area contributed by atoms with E-state index in [0.717, 1.165) is 5.56 Å². The van der Waals surface area contributed by atoms with Crippen LogP contribution in [0, 0.1) is 17.8 Å². The second kappa shape index (κ2) is 4.47. The first kappa shape index (κ1) is 16.3. The number of aryl methyl sites for hydroxylation is 1. The van der Waals surface area contributed by atoms with Gasteiger partial charge < -0.3 is 5.11 Å². The van der Waals surface area contributed by atoms with Gasteiger partial charge in [-0.05, 0) is 25.5 Å². The van der Waals surface area contributed by atoms with Crippen LogP contribution in [0.3, 0.4) is 0 Å². The van der Waals surface area contributed by atoms with Gasteiger partial charge in [0.15, 0.2) is 0 Å². The van der Waals surface area contributed by atoms with Crippen LogP contribution >= 0.6 is 0 Å². The molecule has 0 aromatic heterocycles. The van der Waals surface area contributed by atoms with Crippen LogP contribution in [0.2, 0.25) is 0 Å². The molecule has 126 valence electrons. The van der Waals surface area contributed by atoms with Gasteiger partial charge in [0.1, 0.15) is 0 Å². The highest BCUT2D eigenvalue weighted by molar-refractivity contribution is 7.89. The number of carbonyl (C=O) groups is 1. The zero-order chi connectivity index (χ0) is 17.3. The van der Waals surface area contributed by atoms with Crippen LogP contribution in [-0.2, 0) is 14.8 Å². The number of aliphatic carboxylic acids is 1. The third-order valence-electron chi connectivity index (χ3n) is 4.90. The molecule has 1 aromatic carbocycles. The molecule has 1 N–H and O–H groups in total. The van der Waals surface area contributed by atoms with Crippen LogP contribution in [0.15, 0.2) is 29.2 Å². The fraction of sp³-hybridized carbons (Fsp3) is 0.500. The van der Waals surface area contributed by atoms with Crippen molar-refractivity contribution in [3.8, 4) is 0 Å². The molecule has 1 saturated heterocycles. The molecule has 0 unspecified atom stereocenters. The number of benzene rings is 1. The molecule has 2 fully saturated rings. The molecule has 1 heterocycles. The van der Waals surface area contributed by atoms with Crippen molar-refractivity contribution in [1.82, 2.24) is 4.31 Å². The standard InChI is InChI=1S/C14H14F3NO4S/c1-9-2-4-10(5-3-9)23(21,22)18-7-12(11(19)20)6-13(12,8-18)14(15,16)17/h2-5H,6-8H2,1H3,(H,19,20)/t12-,13-/m0/s1. The lowest BCUT2D eigenvalue weighted by Gasteiger charge is -2.22. The fourth-order valence-electron chi connectivity index (χ4n) is 3.38. The number of piperidine rings is 1. The normalized spacial score (nSPS) is 31.0. The summed E-state index contributed by atoms with van der Waals surface area (Å²) in [5.41, 5.74) is -3.74. The lowest BCUT2D eigenvalue weighted by Crippen LogP contribution is -2.36. The van der Waals surface area contributed by atoms with Crippen molar-refractivity contribution < 1.29 is 31.5 Å². The molecule has 1 aromatic rings. The highest BCUT2D eigenvalue weighted by atomic mass is 32.2. The van der Waals surface area contributed by atoms with Gasteiger partial charge in [-0.3, -0.25) is 4.79 Å². The van der Waals surface area contributed by atoms with Crippen LogP contribution in [0.1, 0.15) is 12.0 Å². The monoisotopic (exact) mass is 349 g/mol. The van der Waals surface area contributed by atoms with Gasteiger partial charge >= 0.3 is 12.1 Å². The maximum atomic E-state index is 13.3. The first-order chi connectivity index (χ1) is 10.5. The van der Waals surface area contributed by atoms with Crippen molar-refractivity contribution in [2.24, 2.45) is 10.8 Å². The minimum absolute atomic E-state index is 0.137. The minimum Gasteiger partial charge on any atom is -0.481 e. The van der Waals surface area contributed by atoms with E-state index in [1.54, 1.807) is 6.92 Å². The number of carboxylic acids is 1. The Morgan fingerprint density at radius 3 is 2.22 bits per heavy atom. The number of rotatable bonds is 3. The first-order valence-electron chi connectivity index (χ1n) is 6.83. The maximum absolute atomic E-state index is 13.3. The zero-order valence-corrected chi connectivity index (χ0v) is 12.9.